The van der Waals surface area contributed by atoms with Crippen LogP contribution in [0, 0.1) is 20.8 Å². The van der Waals surface area contributed by atoms with Gasteiger partial charge >= 0.3 is 0 Å². The number of hydrogen-bond donors (Lipinski definition) is 2. The number of phenolic OH excluding ortho intramolecular Hbond substituents is 2. The Hall–Kier alpha value is -4.54. The molecule has 0 unspecified atom stereocenters. The maximum absolute atomic E-state index is 12.6. The van der Waals surface area contributed by atoms with Crippen LogP contribution in [0.15, 0.2) is 72.8 Å². The molecule has 0 heterocycles. The van der Waals surface area contributed by atoms with E-state index >= 15 is 0 Å². The largest absolute Gasteiger partial charge is 0.507 e. The molecule has 5 aromatic carbocycles. The van der Waals surface area contributed by atoms with E-state index in [9.17, 15) is 10.2 Å². The number of phenols is 2. The summed E-state index contributed by atoms with van der Waals surface area (Å²) >= 11 is 0. The van der Waals surface area contributed by atoms with Crippen LogP contribution in [-0.4, -0.2) is 37.5 Å². The second-order valence-corrected chi connectivity index (χ2v) is 21.0. The Bertz CT molecular complexity index is 2080. The molecule has 58 heavy (non-hydrogen) atoms. The molecule has 0 aliphatic carbocycles. The SMILES string of the molecule is COCCCN(C)c1c(-c2cc(C)cc(-c3cc(C(C)(C)C)cc(C(C)(C)C)c3)c2O)cc(C)cc1-c1cc(C)cc(-c2cc(C(C)(C)C)cc(C(C)(C)C)c2)c1O. The highest BCUT2D eigenvalue weighted by molar-refractivity contribution is 5.98. The lowest BCUT2D eigenvalue weighted by molar-refractivity contribution is 0.196. The molecular formula is C54H71NO3. The molecule has 0 fully saturated rings. The maximum atomic E-state index is 12.6. The third-order valence-electron chi connectivity index (χ3n) is 11.5. The molecule has 5 aromatic rings. The Morgan fingerprint density at radius 2 is 0.741 bits per heavy atom. The van der Waals surface area contributed by atoms with Gasteiger partial charge in [0.15, 0.2) is 0 Å². The lowest BCUT2D eigenvalue weighted by Crippen LogP contribution is -2.21. The number of benzene rings is 5. The van der Waals surface area contributed by atoms with E-state index < -0.39 is 0 Å². The van der Waals surface area contributed by atoms with E-state index in [1.54, 1.807) is 7.11 Å². The van der Waals surface area contributed by atoms with Gasteiger partial charge in [-0.2, -0.15) is 0 Å². The van der Waals surface area contributed by atoms with Crippen LogP contribution in [0.4, 0.5) is 5.69 Å². The van der Waals surface area contributed by atoms with E-state index in [2.05, 4.69) is 189 Å². The summed E-state index contributed by atoms with van der Waals surface area (Å²) in [5.74, 6) is 0.505. The molecular weight excluding hydrogens is 711 g/mol. The third kappa shape index (κ3) is 9.66. The first-order chi connectivity index (χ1) is 26.7. The summed E-state index contributed by atoms with van der Waals surface area (Å²) in [6, 6.07) is 26.5. The van der Waals surface area contributed by atoms with E-state index in [1.807, 2.05) is 0 Å². The normalized spacial score (nSPS) is 12.6. The average Bonchev–Trinajstić information content (AvgIpc) is 3.11. The van der Waals surface area contributed by atoms with Crippen molar-refractivity contribution in [3.8, 4) is 56.0 Å². The molecule has 0 atom stereocenters. The lowest BCUT2D eigenvalue weighted by Gasteiger charge is -2.29. The predicted molar refractivity (Wildman–Crippen MR) is 250 cm³/mol. The minimum Gasteiger partial charge on any atom is -0.507 e. The summed E-state index contributed by atoms with van der Waals surface area (Å²) in [5, 5.41) is 25.1. The second kappa shape index (κ2) is 16.3. The lowest BCUT2D eigenvalue weighted by atomic mass is 9.78. The van der Waals surface area contributed by atoms with Crippen molar-refractivity contribution in [2.24, 2.45) is 0 Å². The number of ether oxygens (including phenoxy) is 1. The van der Waals surface area contributed by atoms with Crippen molar-refractivity contribution in [2.75, 3.05) is 32.2 Å². The van der Waals surface area contributed by atoms with Crippen LogP contribution in [0.1, 0.15) is 128 Å². The molecule has 4 heteroatoms. The van der Waals surface area contributed by atoms with Gasteiger partial charge < -0.3 is 19.8 Å². The van der Waals surface area contributed by atoms with Crippen LogP contribution in [0.2, 0.25) is 0 Å². The summed E-state index contributed by atoms with van der Waals surface area (Å²) < 4.78 is 5.50. The first-order valence-electron chi connectivity index (χ1n) is 21.1. The molecule has 5 rings (SSSR count). The molecule has 0 aromatic heterocycles. The molecule has 4 nitrogen and oxygen atoms in total. The van der Waals surface area contributed by atoms with Crippen LogP contribution >= 0.6 is 0 Å². The van der Waals surface area contributed by atoms with Gasteiger partial charge in [0, 0.05) is 60.7 Å². The van der Waals surface area contributed by atoms with E-state index in [-0.39, 0.29) is 33.2 Å². The highest BCUT2D eigenvalue weighted by Crippen LogP contribution is 2.50. The Kier molecular flexibility index (Phi) is 12.5. The average molecular weight is 782 g/mol. The first-order valence-corrected chi connectivity index (χ1v) is 21.1. The van der Waals surface area contributed by atoms with Crippen molar-refractivity contribution in [3.05, 3.63) is 112 Å². The van der Waals surface area contributed by atoms with Crippen LogP contribution in [-0.2, 0) is 26.4 Å². The predicted octanol–water partition coefficient (Wildman–Crippen LogP) is 14.4. The smallest absolute Gasteiger partial charge is 0.131 e. The second-order valence-electron chi connectivity index (χ2n) is 21.0. The van der Waals surface area contributed by atoms with Crippen molar-refractivity contribution >= 4 is 5.69 Å². The highest BCUT2D eigenvalue weighted by atomic mass is 16.5. The van der Waals surface area contributed by atoms with E-state index in [0.29, 0.717) is 6.61 Å². The minimum atomic E-state index is -0.0706. The zero-order valence-corrected chi connectivity index (χ0v) is 38.8. The Morgan fingerprint density at radius 1 is 0.448 bits per heavy atom. The summed E-state index contributed by atoms with van der Waals surface area (Å²) in [4.78, 5) is 2.27. The molecule has 2 N–H and O–H groups in total. The van der Waals surface area contributed by atoms with Gasteiger partial charge in [0.25, 0.3) is 0 Å². The molecule has 0 aliphatic heterocycles. The molecule has 0 saturated carbocycles. The van der Waals surface area contributed by atoms with Gasteiger partial charge in [-0.05, 0) is 135 Å². The number of hydrogen-bond acceptors (Lipinski definition) is 4. The molecule has 0 bridgehead atoms. The molecule has 0 amide bonds. The quantitative estimate of drug-likeness (QED) is 0.146. The highest BCUT2D eigenvalue weighted by Gasteiger charge is 2.27. The summed E-state index contributed by atoms with van der Waals surface area (Å²) in [7, 11) is 3.85. The van der Waals surface area contributed by atoms with Gasteiger partial charge in [-0.3, -0.25) is 0 Å². The molecule has 0 radical (unpaired) electrons. The van der Waals surface area contributed by atoms with Crippen molar-refractivity contribution in [1.82, 2.24) is 0 Å². The minimum absolute atomic E-state index is 0.0706. The van der Waals surface area contributed by atoms with Crippen molar-refractivity contribution < 1.29 is 14.9 Å². The fraction of sp³-hybridized carbons (Fsp3) is 0.444. The number of aromatic hydroxyl groups is 2. The fourth-order valence-corrected chi connectivity index (χ4v) is 7.87. The van der Waals surface area contributed by atoms with Gasteiger partial charge in [0.1, 0.15) is 11.5 Å². The molecule has 0 spiro atoms. The molecule has 310 valence electrons. The van der Waals surface area contributed by atoms with Crippen molar-refractivity contribution in [3.63, 3.8) is 0 Å². The van der Waals surface area contributed by atoms with Crippen LogP contribution in [0.25, 0.3) is 44.5 Å². The Labute approximate surface area is 351 Å². The zero-order valence-electron chi connectivity index (χ0n) is 38.8. The van der Waals surface area contributed by atoms with Crippen LogP contribution in [0.5, 0.6) is 11.5 Å². The molecule has 0 aliphatic rings. The van der Waals surface area contributed by atoms with Gasteiger partial charge in [-0.25, -0.2) is 0 Å². The van der Waals surface area contributed by atoms with Gasteiger partial charge in [0.2, 0.25) is 0 Å². The van der Waals surface area contributed by atoms with E-state index in [4.69, 9.17) is 4.74 Å². The van der Waals surface area contributed by atoms with Gasteiger partial charge in [-0.1, -0.05) is 119 Å². The Morgan fingerprint density at radius 3 is 1.03 bits per heavy atom. The number of anilines is 1. The van der Waals surface area contributed by atoms with Crippen LogP contribution in [0.3, 0.4) is 0 Å². The van der Waals surface area contributed by atoms with E-state index in [0.717, 1.165) is 79.9 Å². The number of methoxy groups -OCH3 is 1. The first kappa shape index (κ1) is 44.6. The third-order valence-corrected chi connectivity index (χ3v) is 11.5. The van der Waals surface area contributed by atoms with Crippen molar-refractivity contribution in [1.29, 1.82) is 0 Å². The standard InChI is InChI=1S/C54H71NO3/c1-33-21-42(36-27-38(51(4,5)6)31-39(28-36)52(7,8)9)49(56)46(25-33)44-23-35(3)24-45(48(44)55(16)19-18-20-58-17)47-26-34(2)22-43(50(47)57)37-29-40(53(10,11)12)32-41(30-37)54(13,14)15/h21-32,56-57H,18-20H2,1-17H3. The fourth-order valence-electron chi connectivity index (χ4n) is 7.87. The van der Waals surface area contributed by atoms with Gasteiger partial charge in [-0.15, -0.1) is 0 Å². The summed E-state index contributed by atoms with van der Waals surface area (Å²) in [6.45, 7) is 34.6. The summed E-state index contributed by atoms with van der Waals surface area (Å²) in [5.41, 5.74) is 15.8. The van der Waals surface area contributed by atoms with Crippen LogP contribution < -0.4 is 4.90 Å². The Balaban J connectivity index is 1.85. The zero-order chi connectivity index (χ0) is 43.3. The van der Waals surface area contributed by atoms with Gasteiger partial charge in [0.05, 0.1) is 5.69 Å². The number of nitrogens with zero attached hydrogens (tertiary/aromatic N) is 1. The molecule has 0 saturated heterocycles. The maximum Gasteiger partial charge on any atom is 0.131 e. The monoisotopic (exact) mass is 782 g/mol. The number of aryl methyl sites for hydroxylation is 3. The van der Waals surface area contributed by atoms with Crippen molar-refractivity contribution in [2.45, 2.75) is 132 Å². The summed E-state index contributed by atoms with van der Waals surface area (Å²) in [6.07, 6.45) is 0.820. The topological polar surface area (TPSA) is 52.9 Å². The van der Waals surface area contributed by atoms with E-state index in [1.165, 1.54) is 22.3 Å². The number of rotatable bonds is 9.